The molecule has 1 fully saturated rings. The van der Waals surface area contributed by atoms with Crippen LogP contribution in [0.1, 0.15) is 116 Å². The first-order valence-electron chi connectivity index (χ1n) is 16.7. The van der Waals surface area contributed by atoms with Crippen LogP contribution < -0.4 is 16.0 Å². The van der Waals surface area contributed by atoms with Crippen molar-refractivity contribution in [2.75, 3.05) is 13.1 Å². The summed E-state index contributed by atoms with van der Waals surface area (Å²) in [6.07, 6.45) is 15.0. The Bertz CT molecular complexity index is 1030. The zero-order chi connectivity index (χ0) is 32.2. The quantitative estimate of drug-likeness (QED) is 0.142. The number of hydrogen-bond donors (Lipinski definition) is 4. The summed E-state index contributed by atoms with van der Waals surface area (Å²) in [5.74, 6) is -2.50. The van der Waals surface area contributed by atoms with Gasteiger partial charge < -0.3 is 26.0 Å². The normalized spacial score (nSPS) is 15.8. The van der Waals surface area contributed by atoms with Crippen molar-refractivity contribution in [3.8, 4) is 0 Å². The molecule has 4 N–H and O–H groups in total. The van der Waals surface area contributed by atoms with Crippen LogP contribution >= 0.6 is 0 Å². The Hall–Kier alpha value is -3.43. The summed E-state index contributed by atoms with van der Waals surface area (Å²) in [7, 11) is 0. The van der Waals surface area contributed by atoms with Gasteiger partial charge in [-0.15, -0.1) is 0 Å². The highest BCUT2D eigenvalue weighted by Crippen LogP contribution is 2.19. The van der Waals surface area contributed by atoms with Crippen molar-refractivity contribution in [2.24, 2.45) is 0 Å². The fourth-order valence-electron chi connectivity index (χ4n) is 5.60. The Morgan fingerprint density at radius 3 is 2.07 bits per heavy atom. The molecule has 1 heterocycles. The van der Waals surface area contributed by atoms with E-state index in [9.17, 15) is 29.1 Å². The zero-order valence-electron chi connectivity index (χ0n) is 26.8. The number of carboxylic acid groups (broad SMARTS) is 1. The highest BCUT2D eigenvalue weighted by molar-refractivity contribution is 5.93. The fraction of sp³-hybridized carbons (Fsp3) is 0.676. The van der Waals surface area contributed by atoms with Gasteiger partial charge in [-0.3, -0.25) is 19.2 Å². The van der Waals surface area contributed by atoms with Gasteiger partial charge in [0, 0.05) is 32.4 Å². The molecule has 3 atom stereocenters. The van der Waals surface area contributed by atoms with Gasteiger partial charge in [0.2, 0.25) is 23.6 Å². The van der Waals surface area contributed by atoms with Gasteiger partial charge in [-0.25, -0.2) is 4.79 Å². The van der Waals surface area contributed by atoms with Gasteiger partial charge in [0.25, 0.3) is 0 Å². The molecule has 0 bridgehead atoms. The third-order valence-corrected chi connectivity index (χ3v) is 8.17. The topological polar surface area (TPSA) is 145 Å². The standard InChI is InChI=1S/C34H54N4O6/c1-3-4-5-6-7-8-9-10-11-12-16-21-30(39)35-23-22-31(40)36-26(2)33(42)38-24-17-20-29(38)32(41)37-28(34(43)44)25-27-18-14-13-15-19-27/h13-15,18-19,26,28-29H,3-12,16-17,20-25H2,1-2H3,(H,35,39)(H,36,40)(H,37,41)(H,43,44)/t26-,28-,29-/m0/s1. The number of carbonyl (C=O) groups excluding carboxylic acids is 4. The summed E-state index contributed by atoms with van der Waals surface area (Å²) in [5, 5.41) is 17.7. The number of unbranched alkanes of at least 4 members (excludes halogenated alkanes) is 10. The van der Waals surface area contributed by atoms with Crippen LogP contribution in [0.25, 0.3) is 0 Å². The van der Waals surface area contributed by atoms with E-state index in [0.29, 0.717) is 25.8 Å². The second kappa shape index (κ2) is 21.3. The van der Waals surface area contributed by atoms with E-state index in [0.717, 1.165) is 24.8 Å². The lowest BCUT2D eigenvalue weighted by atomic mass is 10.1. The molecule has 0 aromatic heterocycles. The molecule has 44 heavy (non-hydrogen) atoms. The molecule has 1 saturated heterocycles. The molecule has 0 unspecified atom stereocenters. The molecule has 0 saturated carbocycles. The van der Waals surface area contributed by atoms with Crippen molar-refractivity contribution in [2.45, 2.75) is 135 Å². The summed E-state index contributed by atoms with van der Waals surface area (Å²) in [4.78, 5) is 63.9. The molecule has 10 nitrogen and oxygen atoms in total. The van der Waals surface area contributed by atoms with Crippen LogP contribution in [-0.4, -0.2) is 70.8 Å². The van der Waals surface area contributed by atoms with E-state index in [1.54, 1.807) is 31.2 Å². The largest absolute Gasteiger partial charge is 0.480 e. The summed E-state index contributed by atoms with van der Waals surface area (Å²) in [5.41, 5.74) is 0.779. The number of hydrogen-bond acceptors (Lipinski definition) is 5. The van der Waals surface area contributed by atoms with Crippen LogP contribution in [0.5, 0.6) is 0 Å². The maximum Gasteiger partial charge on any atom is 0.326 e. The number of aliphatic carboxylic acids is 1. The van der Waals surface area contributed by atoms with Crippen LogP contribution in [0.4, 0.5) is 0 Å². The van der Waals surface area contributed by atoms with Crippen LogP contribution in [0.2, 0.25) is 0 Å². The number of likely N-dealkylation sites (tertiary alicyclic amines) is 1. The summed E-state index contributed by atoms with van der Waals surface area (Å²) in [6.45, 7) is 4.34. The first-order chi connectivity index (χ1) is 21.2. The van der Waals surface area contributed by atoms with E-state index in [1.165, 1.54) is 56.3 Å². The number of benzene rings is 1. The average molecular weight is 615 g/mol. The molecule has 4 amide bonds. The monoisotopic (exact) mass is 614 g/mol. The van der Waals surface area contributed by atoms with Crippen LogP contribution in [0.3, 0.4) is 0 Å². The van der Waals surface area contributed by atoms with Gasteiger partial charge in [0.05, 0.1) is 0 Å². The lowest BCUT2D eigenvalue weighted by Crippen LogP contribution is -2.55. The Balaban J connectivity index is 1.63. The first kappa shape index (κ1) is 36.8. The van der Waals surface area contributed by atoms with Crippen molar-refractivity contribution in [1.29, 1.82) is 0 Å². The minimum atomic E-state index is -1.15. The Morgan fingerprint density at radius 1 is 0.841 bits per heavy atom. The Kier molecular flexibility index (Phi) is 17.8. The number of amides is 4. The van der Waals surface area contributed by atoms with E-state index < -0.39 is 35.9 Å². The number of carboxylic acids is 1. The molecule has 10 heteroatoms. The summed E-state index contributed by atoms with van der Waals surface area (Å²) >= 11 is 0. The van der Waals surface area contributed by atoms with Gasteiger partial charge in [-0.05, 0) is 31.7 Å². The van der Waals surface area contributed by atoms with Crippen LogP contribution in [0, 0.1) is 0 Å². The Morgan fingerprint density at radius 2 is 1.45 bits per heavy atom. The molecule has 1 aromatic rings. The first-order valence-corrected chi connectivity index (χ1v) is 16.7. The van der Waals surface area contributed by atoms with Gasteiger partial charge in [0.1, 0.15) is 18.1 Å². The summed E-state index contributed by atoms with van der Waals surface area (Å²) < 4.78 is 0. The van der Waals surface area contributed by atoms with Crippen molar-refractivity contribution in [3.63, 3.8) is 0 Å². The number of carbonyl (C=O) groups is 5. The third kappa shape index (κ3) is 14.4. The van der Waals surface area contributed by atoms with Crippen molar-refractivity contribution in [3.05, 3.63) is 35.9 Å². The molecule has 0 spiro atoms. The molecule has 0 aliphatic carbocycles. The number of nitrogens with one attached hydrogen (secondary N) is 3. The number of rotatable bonds is 22. The molecule has 1 aliphatic rings. The van der Waals surface area contributed by atoms with Gasteiger partial charge in [0.15, 0.2) is 0 Å². The summed E-state index contributed by atoms with van der Waals surface area (Å²) in [6, 6.07) is 6.25. The van der Waals surface area contributed by atoms with Gasteiger partial charge in [-0.2, -0.15) is 0 Å². The minimum Gasteiger partial charge on any atom is -0.480 e. The molecule has 1 aromatic carbocycles. The van der Waals surface area contributed by atoms with Gasteiger partial charge >= 0.3 is 5.97 Å². The lowest BCUT2D eigenvalue weighted by molar-refractivity contribution is -0.144. The fourth-order valence-corrected chi connectivity index (χ4v) is 5.60. The third-order valence-electron chi connectivity index (χ3n) is 8.17. The molecular formula is C34H54N4O6. The van der Waals surface area contributed by atoms with Crippen LogP contribution in [0.15, 0.2) is 30.3 Å². The van der Waals surface area contributed by atoms with Crippen molar-refractivity contribution < 1.29 is 29.1 Å². The molecule has 2 rings (SSSR count). The average Bonchev–Trinajstić information content (AvgIpc) is 3.50. The molecule has 1 aliphatic heterocycles. The molecule has 246 valence electrons. The SMILES string of the molecule is CCCCCCCCCCCCCC(=O)NCCC(=O)N[C@@H](C)C(=O)N1CCC[C@H]1C(=O)N[C@@H](Cc1ccccc1)C(=O)O. The Labute approximate surface area is 263 Å². The minimum absolute atomic E-state index is 0.0469. The van der Waals surface area contributed by atoms with E-state index in [2.05, 4.69) is 22.9 Å². The van der Waals surface area contributed by atoms with E-state index in [4.69, 9.17) is 0 Å². The predicted molar refractivity (Wildman–Crippen MR) is 171 cm³/mol. The van der Waals surface area contributed by atoms with Crippen molar-refractivity contribution >= 4 is 29.6 Å². The zero-order valence-corrected chi connectivity index (χ0v) is 26.8. The number of nitrogens with zero attached hydrogens (tertiary/aromatic N) is 1. The smallest absolute Gasteiger partial charge is 0.326 e. The maximum absolute atomic E-state index is 13.1. The van der Waals surface area contributed by atoms with E-state index >= 15 is 0 Å². The lowest BCUT2D eigenvalue weighted by Gasteiger charge is -2.28. The molecular weight excluding hydrogens is 560 g/mol. The second-order valence-corrected chi connectivity index (χ2v) is 12.0. The maximum atomic E-state index is 13.1. The predicted octanol–water partition coefficient (Wildman–Crippen LogP) is 4.50. The van der Waals surface area contributed by atoms with E-state index in [1.807, 2.05) is 6.07 Å². The van der Waals surface area contributed by atoms with Gasteiger partial charge in [-0.1, -0.05) is 101 Å². The highest BCUT2D eigenvalue weighted by atomic mass is 16.4. The van der Waals surface area contributed by atoms with Crippen LogP contribution in [-0.2, 0) is 30.4 Å². The molecule has 0 radical (unpaired) electrons. The highest BCUT2D eigenvalue weighted by Gasteiger charge is 2.37. The van der Waals surface area contributed by atoms with E-state index in [-0.39, 0.29) is 31.2 Å². The second-order valence-electron chi connectivity index (χ2n) is 12.0. The van der Waals surface area contributed by atoms with Crippen molar-refractivity contribution in [1.82, 2.24) is 20.9 Å².